The van der Waals surface area contributed by atoms with Gasteiger partial charge in [-0.2, -0.15) is 0 Å². The smallest absolute Gasteiger partial charge is 0.232 e. The van der Waals surface area contributed by atoms with Gasteiger partial charge in [0.2, 0.25) is 10.0 Å². The van der Waals surface area contributed by atoms with Crippen molar-refractivity contribution in [2.45, 2.75) is 52.1 Å². The highest BCUT2D eigenvalue weighted by molar-refractivity contribution is 7.92. The highest BCUT2D eigenvalue weighted by atomic mass is 32.2. The number of piperidine rings is 1. The largest absolute Gasteiger partial charge is 0.382 e. The number of anilines is 2. The lowest BCUT2D eigenvalue weighted by Gasteiger charge is -2.37. The second-order valence-electron chi connectivity index (χ2n) is 6.34. The Morgan fingerprint density at radius 2 is 1.83 bits per heavy atom. The van der Waals surface area contributed by atoms with E-state index in [0.29, 0.717) is 24.2 Å². The molecule has 2 unspecified atom stereocenters. The van der Waals surface area contributed by atoms with Gasteiger partial charge in [0.25, 0.3) is 0 Å². The fourth-order valence-electron chi connectivity index (χ4n) is 3.19. The predicted molar refractivity (Wildman–Crippen MR) is 97.5 cm³/mol. The van der Waals surface area contributed by atoms with Gasteiger partial charge in [-0.3, -0.25) is 4.72 Å². The van der Waals surface area contributed by atoms with E-state index in [9.17, 15) is 8.42 Å². The minimum Gasteiger partial charge on any atom is -0.382 e. The summed E-state index contributed by atoms with van der Waals surface area (Å²) in [4.78, 5) is 2.50. The van der Waals surface area contributed by atoms with E-state index in [1.807, 2.05) is 31.2 Å². The fraction of sp³-hybridized carbons (Fsp3) is 0.647. The Hall–Kier alpha value is -1.27. The van der Waals surface area contributed by atoms with E-state index >= 15 is 0 Å². The molecule has 1 aliphatic heterocycles. The van der Waals surface area contributed by atoms with Crippen LogP contribution >= 0.6 is 0 Å². The highest BCUT2D eigenvalue weighted by Gasteiger charge is 2.23. The molecule has 0 aliphatic carbocycles. The zero-order valence-electron chi connectivity index (χ0n) is 14.4. The molecule has 130 valence electrons. The summed E-state index contributed by atoms with van der Waals surface area (Å²) in [5.41, 5.74) is 1.67. The third-order valence-corrected chi connectivity index (χ3v) is 5.91. The second kappa shape index (κ2) is 8.02. The summed E-state index contributed by atoms with van der Waals surface area (Å²) in [5.74, 6) is 0.154. The first kappa shape index (κ1) is 18.1. The zero-order valence-corrected chi connectivity index (χ0v) is 15.2. The van der Waals surface area contributed by atoms with E-state index < -0.39 is 10.0 Å². The van der Waals surface area contributed by atoms with Gasteiger partial charge in [0.05, 0.1) is 5.75 Å². The first-order valence-electron chi connectivity index (χ1n) is 8.54. The number of rotatable bonds is 7. The second-order valence-corrected chi connectivity index (χ2v) is 8.18. The van der Waals surface area contributed by atoms with Crippen molar-refractivity contribution >= 4 is 21.4 Å². The molecule has 1 saturated heterocycles. The Morgan fingerprint density at radius 1 is 1.17 bits per heavy atom. The standard InChI is InChI=1S/C17H29N3O2S/c1-4-12-23(21,22)19-16-8-6-15(7-9-16)18-17-10-11-20(5-2)14(3)13-17/h6-9,14,17-19H,4-5,10-13H2,1-3H3. The summed E-state index contributed by atoms with van der Waals surface area (Å²) in [6.45, 7) is 8.59. The molecule has 1 fully saturated rings. The van der Waals surface area contributed by atoms with Crippen LogP contribution in [-0.4, -0.2) is 44.2 Å². The van der Waals surface area contributed by atoms with Gasteiger partial charge in [-0.15, -0.1) is 0 Å². The molecule has 2 atom stereocenters. The normalized spacial score (nSPS) is 22.7. The SMILES string of the molecule is CCCS(=O)(=O)Nc1ccc(NC2CCN(CC)C(C)C2)cc1. The monoisotopic (exact) mass is 339 g/mol. The number of benzene rings is 1. The van der Waals surface area contributed by atoms with Crippen LogP contribution in [0.25, 0.3) is 0 Å². The van der Waals surface area contributed by atoms with Crippen molar-refractivity contribution in [1.82, 2.24) is 4.90 Å². The third kappa shape index (κ3) is 5.39. The number of nitrogens with zero attached hydrogens (tertiary/aromatic N) is 1. The van der Waals surface area contributed by atoms with Gasteiger partial charge in [-0.25, -0.2) is 8.42 Å². The number of likely N-dealkylation sites (tertiary alicyclic amines) is 1. The average Bonchev–Trinajstić information content (AvgIpc) is 2.49. The molecule has 0 radical (unpaired) electrons. The van der Waals surface area contributed by atoms with Crippen molar-refractivity contribution in [3.05, 3.63) is 24.3 Å². The molecule has 1 aromatic rings. The van der Waals surface area contributed by atoms with Crippen LogP contribution in [0.5, 0.6) is 0 Å². The molecule has 0 amide bonds. The quantitative estimate of drug-likeness (QED) is 0.801. The summed E-state index contributed by atoms with van der Waals surface area (Å²) < 4.78 is 26.1. The van der Waals surface area contributed by atoms with Crippen LogP contribution in [0.3, 0.4) is 0 Å². The Bertz CT molecular complexity index is 586. The van der Waals surface area contributed by atoms with Crippen molar-refractivity contribution < 1.29 is 8.42 Å². The molecule has 0 saturated carbocycles. The van der Waals surface area contributed by atoms with Gasteiger partial charge in [-0.05, 0) is 57.0 Å². The fourth-order valence-corrected chi connectivity index (χ4v) is 4.33. The molecule has 2 rings (SSSR count). The number of hydrogen-bond acceptors (Lipinski definition) is 4. The van der Waals surface area contributed by atoms with Crippen LogP contribution in [-0.2, 0) is 10.0 Å². The molecule has 23 heavy (non-hydrogen) atoms. The maximum Gasteiger partial charge on any atom is 0.232 e. The van der Waals surface area contributed by atoms with Gasteiger partial charge in [0.1, 0.15) is 0 Å². The maximum atomic E-state index is 11.8. The molecule has 0 aromatic heterocycles. The van der Waals surface area contributed by atoms with Crippen molar-refractivity contribution in [2.75, 3.05) is 28.9 Å². The van der Waals surface area contributed by atoms with Crippen LogP contribution in [0, 0.1) is 0 Å². The van der Waals surface area contributed by atoms with Crippen molar-refractivity contribution in [2.24, 2.45) is 0 Å². The zero-order chi connectivity index (χ0) is 16.9. The van der Waals surface area contributed by atoms with E-state index in [1.54, 1.807) is 0 Å². The molecule has 0 bridgehead atoms. The van der Waals surface area contributed by atoms with Crippen LogP contribution < -0.4 is 10.0 Å². The van der Waals surface area contributed by atoms with Crippen LogP contribution in [0.2, 0.25) is 0 Å². The Kier molecular flexibility index (Phi) is 6.30. The maximum absolute atomic E-state index is 11.8. The Balaban J connectivity index is 1.90. The van der Waals surface area contributed by atoms with E-state index in [2.05, 4.69) is 28.8 Å². The van der Waals surface area contributed by atoms with Gasteiger partial charge < -0.3 is 10.2 Å². The van der Waals surface area contributed by atoms with Gasteiger partial charge in [0.15, 0.2) is 0 Å². The van der Waals surface area contributed by atoms with E-state index in [0.717, 1.165) is 31.6 Å². The molecular weight excluding hydrogens is 310 g/mol. The number of nitrogens with one attached hydrogen (secondary N) is 2. The Morgan fingerprint density at radius 3 is 2.39 bits per heavy atom. The lowest BCUT2D eigenvalue weighted by Crippen LogP contribution is -2.44. The minimum absolute atomic E-state index is 0.154. The van der Waals surface area contributed by atoms with E-state index in [4.69, 9.17) is 0 Å². The molecule has 6 heteroatoms. The van der Waals surface area contributed by atoms with E-state index in [1.165, 1.54) is 0 Å². The lowest BCUT2D eigenvalue weighted by atomic mass is 9.98. The molecule has 1 heterocycles. The first-order chi connectivity index (χ1) is 10.9. The topological polar surface area (TPSA) is 61.4 Å². The molecule has 5 nitrogen and oxygen atoms in total. The summed E-state index contributed by atoms with van der Waals surface area (Å²) in [5, 5.41) is 3.57. The summed E-state index contributed by atoms with van der Waals surface area (Å²) in [7, 11) is -3.22. The van der Waals surface area contributed by atoms with Crippen LogP contribution in [0.15, 0.2) is 24.3 Å². The molecular formula is C17H29N3O2S. The molecule has 2 N–H and O–H groups in total. The van der Waals surface area contributed by atoms with E-state index in [-0.39, 0.29) is 5.75 Å². The summed E-state index contributed by atoms with van der Waals surface area (Å²) >= 11 is 0. The lowest BCUT2D eigenvalue weighted by molar-refractivity contribution is 0.161. The summed E-state index contributed by atoms with van der Waals surface area (Å²) in [6, 6.07) is 8.61. The van der Waals surface area contributed by atoms with Crippen LogP contribution in [0.1, 0.15) is 40.0 Å². The molecule has 1 aromatic carbocycles. The number of sulfonamides is 1. The molecule has 0 spiro atoms. The molecule has 1 aliphatic rings. The predicted octanol–water partition coefficient (Wildman–Crippen LogP) is 3.12. The van der Waals surface area contributed by atoms with Crippen molar-refractivity contribution in [1.29, 1.82) is 0 Å². The van der Waals surface area contributed by atoms with Gasteiger partial charge in [-0.1, -0.05) is 13.8 Å². The average molecular weight is 340 g/mol. The Labute approximate surface area is 140 Å². The van der Waals surface area contributed by atoms with Gasteiger partial charge in [0, 0.05) is 30.0 Å². The van der Waals surface area contributed by atoms with Crippen molar-refractivity contribution in [3.63, 3.8) is 0 Å². The van der Waals surface area contributed by atoms with Crippen molar-refractivity contribution in [3.8, 4) is 0 Å². The third-order valence-electron chi connectivity index (χ3n) is 4.42. The van der Waals surface area contributed by atoms with Gasteiger partial charge >= 0.3 is 0 Å². The number of hydrogen-bond donors (Lipinski definition) is 2. The minimum atomic E-state index is -3.22. The highest BCUT2D eigenvalue weighted by Crippen LogP contribution is 2.22. The first-order valence-corrected chi connectivity index (χ1v) is 10.2. The summed E-state index contributed by atoms with van der Waals surface area (Å²) in [6.07, 6.45) is 2.89. The van der Waals surface area contributed by atoms with Crippen LogP contribution in [0.4, 0.5) is 11.4 Å².